The summed E-state index contributed by atoms with van der Waals surface area (Å²) < 4.78 is 7.53. The van der Waals surface area contributed by atoms with E-state index in [0.29, 0.717) is 13.1 Å². The summed E-state index contributed by atoms with van der Waals surface area (Å²) in [6, 6.07) is 0. The molecule has 1 aromatic rings. The van der Waals surface area contributed by atoms with Crippen LogP contribution in [0.25, 0.3) is 0 Å². The third-order valence-corrected chi connectivity index (χ3v) is 5.57. The van der Waals surface area contributed by atoms with Crippen LogP contribution in [-0.4, -0.2) is 50.7 Å². The van der Waals surface area contributed by atoms with Crippen LogP contribution in [0.1, 0.15) is 50.0 Å². The van der Waals surface area contributed by atoms with E-state index in [0.717, 1.165) is 44.3 Å². The maximum absolute atomic E-state index is 10.9. The molecule has 2 unspecified atom stereocenters. The zero-order chi connectivity index (χ0) is 16.0. The fraction of sp³-hybridized carbons (Fsp3) is 0.750. The molecule has 3 heterocycles. The molecule has 0 bridgehead atoms. The van der Waals surface area contributed by atoms with Crippen molar-refractivity contribution in [2.24, 2.45) is 11.3 Å². The second-order valence-electron chi connectivity index (χ2n) is 7.33. The van der Waals surface area contributed by atoms with Crippen LogP contribution >= 0.6 is 0 Å². The number of hydrogen-bond donors (Lipinski definition) is 2. The summed E-state index contributed by atoms with van der Waals surface area (Å²) in [4.78, 5) is 12.3. The largest absolute Gasteiger partial charge is 0.465 e. The topological polar surface area (TPSA) is 87.8 Å². The second-order valence-corrected chi connectivity index (χ2v) is 7.33. The van der Waals surface area contributed by atoms with Crippen molar-refractivity contribution in [2.75, 3.05) is 19.7 Å². The monoisotopic (exact) mass is 321 g/mol. The highest BCUT2D eigenvalue weighted by atomic mass is 16.5. The van der Waals surface area contributed by atoms with Gasteiger partial charge in [-0.05, 0) is 38.0 Å². The van der Waals surface area contributed by atoms with Crippen LogP contribution in [0.4, 0.5) is 4.79 Å². The number of likely N-dealkylation sites (tertiary alicyclic amines) is 1. The van der Waals surface area contributed by atoms with E-state index in [2.05, 4.69) is 5.10 Å². The molecule has 4 rings (SSSR count). The number of aliphatic hydroxyl groups is 1. The molecule has 2 saturated heterocycles. The molecule has 7 nitrogen and oxygen atoms in total. The van der Waals surface area contributed by atoms with Crippen LogP contribution < -0.4 is 0 Å². The number of aliphatic hydroxyl groups excluding tert-OH is 1. The summed E-state index contributed by atoms with van der Waals surface area (Å²) in [6.07, 6.45) is 7.27. The predicted octanol–water partition coefficient (Wildman–Crippen LogP) is 2.01. The summed E-state index contributed by atoms with van der Waals surface area (Å²) in [5, 5.41) is 23.8. The third kappa shape index (κ3) is 2.61. The fourth-order valence-corrected chi connectivity index (χ4v) is 4.30. The average molecular weight is 321 g/mol. The number of carboxylic acid groups (broad SMARTS) is 1. The van der Waals surface area contributed by atoms with Gasteiger partial charge in [0.05, 0.1) is 12.3 Å². The van der Waals surface area contributed by atoms with Gasteiger partial charge in [-0.2, -0.15) is 5.10 Å². The lowest BCUT2D eigenvalue weighted by atomic mass is 9.56. The number of rotatable bonds is 3. The molecule has 126 valence electrons. The minimum absolute atomic E-state index is 0.00631. The van der Waals surface area contributed by atoms with E-state index >= 15 is 0 Å². The Kier molecular flexibility index (Phi) is 3.57. The molecule has 1 saturated carbocycles. The molecule has 2 N–H and O–H groups in total. The van der Waals surface area contributed by atoms with E-state index < -0.39 is 12.2 Å². The number of carbonyl (C=O) groups is 1. The first-order valence-electron chi connectivity index (χ1n) is 8.38. The van der Waals surface area contributed by atoms with Crippen LogP contribution in [-0.2, 0) is 4.74 Å². The van der Waals surface area contributed by atoms with Gasteiger partial charge in [-0.25, -0.2) is 9.48 Å². The average Bonchev–Trinajstić information content (AvgIpc) is 2.94. The Morgan fingerprint density at radius 2 is 2.17 bits per heavy atom. The maximum Gasteiger partial charge on any atom is 0.407 e. The lowest BCUT2D eigenvalue weighted by Crippen LogP contribution is -2.64. The first-order chi connectivity index (χ1) is 11.1. The molecule has 1 aliphatic carbocycles. The van der Waals surface area contributed by atoms with E-state index in [-0.39, 0.29) is 17.6 Å². The van der Waals surface area contributed by atoms with E-state index in [1.54, 1.807) is 6.20 Å². The third-order valence-electron chi connectivity index (χ3n) is 5.57. The molecule has 2 atom stereocenters. The predicted molar refractivity (Wildman–Crippen MR) is 80.8 cm³/mol. The number of aromatic nitrogens is 2. The highest BCUT2D eigenvalue weighted by Gasteiger charge is 2.55. The maximum atomic E-state index is 10.9. The van der Waals surface area contributed by atoms with Crippen molar-refractivity contribution in [1.82, 2.24) is 14.7 Å². The van der Waals surface area contributed by atoms with Crippen molar-refractivity contribution in [1.29, 1.82) is 0 Å². The molecule has 0 aromatic carbocycles. The van der Waals surface area contributed by atoms with E-state index in [1.807, 2.05) is 10.9 Å². The summed E-state index contributed by atoms with van der Waals surface area (Å²) in [5.74, 6) is 0.205. The number of amides is 1. The number of hydrogen-bond acceptors (Lipinski definition) is 4. The molecule has 23 heavy (non-hydrogen) atoms. The summed E-state index contributed by atoms with van der Waals surface area (Å²) in [5.41, 5.74) is 0.959. The highest BCUT2D eigenvalue weighted by molar-refractivity contribution is 5.66. The SMILES string of the molecule is O=C(O)N1CC2(CC(C(O)c3cnn(C4CCCCO4)c3)C2)C1. The Hall–Kier alpha value is -1.60. The fourth-order valence-electron chi connectivity index (χ4n) is 4.30. The van der Waals surface area contributed by atoms with Crippen LogP contribution in [0.3, 0.4) is 0 Å². The summed E-state index contributed by atoms with van der Waals surface area (Å²) >= 11 is 0. The smallest absolute Gasteiger partial charge is 0.407 e. The zero-order valence-corrected chi connectivity index (χ0v) is 13.1. The molecule has 7 heteroatoms. The summed E-state index contributed by atoms with van der Waals surface area (Å²) in [6.45, 7) is 2.00. The molecule has 1 aromatic heterocycles. The van der Waals surface area contributed by atoms with Crippen LogP contribution in [0.2, 0.25) is 0 Å². The van der Waals surface area contributed by atoms with E-state index in [4.69, 9.17) is 9.84 Å². The van der Waals surface area contributed by atoms with Gasteiger partial charge in [-0.15, -0.1) is 0 Å². The molecule has 1 amide bonds. The molecule has 2 aliphatic heterocycles. The highest BCUT2D eigenvalue weighted by Crippen LogP contribution is 2.55. The lowest BCUT2D eigenvalue weighted by molar-refractivity contribution is -0.115. The van der Waals surface area contributed by atoms with Gasteiger partial charge in [0.2, 0.25) is 0 Å². The molecule has 3 fully saturated rings. The Balaban J connectivity index is 1.33. The minimum Gasteiger partial charge on any atom is -0.465 e. The van der Waals surface area contributed by atoms with Gasteiger partial charge in [0.1, 0.15) is 6.23 Å². The van der Waals surface area contributed by atoms with Crippen molar-refractivity contribution >= 4 is 6.09 Å². The summed E-state index contributed by atoms with van der Waals surface area (Å²) in [7, 11) is 0. The number of ether oxygens (including phenoxy) is 1. The van der Waals surface area contributed by atoms with Gasteiger partial charge in [0.25, 0.3) is 0 Å². The number of nitrogens with zero attached hydrogens (tertiary/aromatic N) is 3. The Morgan fingerprint density at radius 1 is 1.39 bits per heavy atom. The first kappa shape index (κ1) is 15.0. The molecular formula is C16H23N3O4. The van der Waals surface area contributed by atoms with Crippen LogP contribution in [0, 0.1) is 11.3 Å². The van der Waals surface area contributed by atoms with Crippen molar-refractivity contribution < 1.29 is 19.7 Å². The van der Waals surface area contributed by atoms with Gasteiger partial charge in [0, 0.05) is 36.9 Å². The molecule has 0 radical (unpaired) electrons. The lowest BCUT2D eigenvalue weighted by Gasteiger charge is -2.59. The van der Waals surface area contributed by atoms with Crippen LogP contribution in [0.15, 0.2) is 12.4 Å². The standard InChI is InChI=1S/C16H23N3O4/c20-14(11-5-16(6-11)9-18(10-16)15(21)22)12-7-17-19(8-12)13-3-1-2-4-23-13/h7-8,11,13-14,20H,1-6,9-10H2,(H,21,22). The van der Waals surface area contributed by atoms with Crippen molar-refractivity contribution in [3.05, 3.63) is 18.0 Å². The van der Waals surface area contributed by atoms with Gasteiger partial charge in [-0.1, -0.05) is 0 Å². The van der Waals surface area contributed by atoms with Gasteiger partial charge in [-0.3, -0.25) is 0 Å². The first-order valence-corrected chi connectivity index (χ1v) is 8.38. The van der Waals surface area contributed by atoms with E-state index in [9.17, 15) is 9.90 Å². The zero-order valence-electron chi connectivity index (χ0n) is 13.1. The van der Waals surface area contributed by atoms with E-state index in [1.165, 1.54) is 4.90 Å². The Bertz CT molecular complexity index is 582. The van der Waals surface area contributed by atoms with Crippen molar-refractivity contribution in [3.8, 4) is 0 Å². The van der Waals surface area contributed by atoms with Crippen molar-refractivity contribution in [3.63, 3.8) is 0 Å². The second kappa shape index (κ2) is 5.49. The van der Waals surface area contributed by atoms with Gasteiger partial charge >= 0.3 is 6.09 Å². The Labute approximate surface area is 134 Å². The quantitative estimate of drug-likeness (QED) is 0.889. The molecule has 1 spiro atoms. The van der Waals surface area contributed by atoms with Gasteiger partial charge < -0.3 is 19.8 Å². The normalized spacial score (nSPS) is 28.2. The Morgan fingerprint density at radius 3 is 2.83 bits per heavy atom. The van der Waals surface area contributed by atoms with Crippen molar-refractivity contribution in [2.45, 2.75) is 44.4 Å². The molecular weight excluding hydrogens is 298 g/mol. The molecule has 3 aliphatic rings. The van der Waals surface area contributed by atoms with Gasteiger partial charge in [0.15, 0.2) is 0 Å². The minimum atomic E-state index is -0.839. The van der Waals surface area contributed by atoms with Crippen LogP contribution in [0.5, 0.6) is 0 Å².